The Morgan fingerprint density at radius 1 is 1.12 bits per heavy atom. The van der Waals surface area contributed by atoms with Crippen LogP contribution in [0.3, 0.4) is 0 Å². The Bertz CT molecular complexity index is 1250. The van der Waals surface area contributed by atoms with E-state index < -0.39 is 17.6 Å². The Labute approximate surface area is 179 Å². The Kier molecular flexibility index (Phi) is 5.39. The molecular formula is C21H16F3N5O3. The summed E-state index contributed by atoms with van der Waals surface area (Å²) in [4.78, 5) is 15.6. The zero-order chi connectivity index (χ0) is 22.9. The molecular weight excluding hydrogens is 427 g/mol. The van der Waals surface area contributed by atoms with Crippen molar-refractivity contribution in [3.8, 4) is 28.6 Å². The molecule has 0 fully saturated rings. The van der Waals surface area contributed by atoms with Gasteiger partial charge in [-0.1, -0.05) is 17.3 Å². The molecule has 164 valence electrons. The molecule has 4 rings (SSSR count). The maximum absolute atomic E-state index is 12.7. The second-order valence-electron chi connectivity index (χ2n) is 6.80. The third kappa shape index (κ3) is 4.31. The van der Waals surface area contributed by atoms with Gasteiger partial charge in [-0.15, -0.1) is 0 Å². The van der Waals surface area contributed by atoms with Gasteiger partial charge in [0, 0.05) is 18.2 Å². The number of halogens is 3. The molecule has 0 bridgehead atoms. The van der Waals surface area contributed by atoms with E-state index in [1.165, 1.54) is 18.3 Å². The van der Waals surface area contributed by atoms with Crippen LogP contribution in [0.2, 0.25) is 0 Å². The summed E-state index contributed by atoms with van der Waals surface area (Å²) in [5.41, 5.74) is 6.57. The summed E-state index contributed by atoms with van der Waals surface area (Å²) in [5.74, 6) is 0.219. The van der Waals surface area contributed by atoms with Gasteiger partial charge in [0.05, 0.1) is 23.0 Å². The molecule has 2 aromatic carbocycles. The number of aryl methyl sites for hydroxylation is 1. The minimum atomic E-state index is -4.41. The van der Waals surface area contributed by atoms with Crippen LogP contribution in [-0.2, 0) is 19.8 Å². The first-order valence-electron chi connectivity index (χ1n) is 9.27. The number of ether oxygens (including phenoxy) is 1. The Morgan fingerprint density at radius 3 is 2.44 bits per heavy atom. The van der Waals surface area contributed by atoms with Gasteiger partial charge in [-0.05, 0) is 36.4 Å². The minimum Gasteiger partial charge on any atom is -0.487 e. The number of nitrogens with two attached hydrogens (primary N) is 1. The van der Waals surface area contributed by atoms with Crippen molar-refractivity contribution in [3.63, 3.8) is 0 Å². The number of alkyl halides is 3. The average Bonchev–Trinajstić information content (AvgIpc) is 3.39. The van der Waals surface area contributed by atoms with Crippen LogP contribution in [0.25, 0.3) is 22.8 Å². The molecule has 0 saturated carbocycles. The number of hydrogen-bond donors (Lipinski definition) is 1. The number of nitrogens with zero attached hydrogens (tertiary/aromatic N) is 4. The van der Waals surface area contributed by atoms with Gasteiger partial charge in [-0.2, -0.15) is 23.3 Å². The minimum absolute atomic E-state index is 0.0161. The number of aromatic nitrogens is 4. The summed E-state index contributed by atoms with van der Waals surface area (Å²) in [5, 5.41) is 8.13. The molecule has 1 amide bonds. The SMILES string of the molecule is Cn1ncc(-c2nc(-c3ccc(C(N)=O)cc3)no2)c1COc1ccc(C(F)(F)F)cc1. The third-order valence-electron chi connectivity index (χ3n) is 4.70. The maximum Gasteiger partial charge on any atom is 0.416 e. The zero-order valence-electron chi connectivity index (χ0n) is 16.6. The van der Waals surface area contributed by atoms with Crippen molar-refractivity contribution >= 4 is 5.91 Å². The topological polar surface area (TPSA) is 109 Å². The van der Waals surface area contributed by atoms with Crippen LogP contribution in [-0.4, -0.2) is 25.8 Å². The first kappa shape index (κ1) is 21.1. The number of hydrogen-bond acceptors (Lipinski definition) is 6. The highest BCUT2D eigenvalue weighted by atomic mass is 19.4. The van der Waals surface area contributed by atoms with E-state index in [2.05, 4.69) is 15.2 Å². The van der Waals surface area contributed by atoms with E-state index in [1.807, 2.05) is 0 Å². The van der Waals surface area contributed by atoms with Gasteiger partial charge in [0.1, 0.15) is 12.4 Å². The Morgan fingerprint density at radius 2 is 1.81 bits per heavy atom. The van der Waals surface area contributed by atoms with Gasteiger partial charge in [-0.3, -0.25) is 9.48 Å². The van der Waals surface area contributed by atoms with Gasteiger partial charge >= 0.3 is 6.18 Å². The van der Waals surface area contributed by atoms with Crippen molar-refractivity contribution < 1.29 is 27.2 Å². The number of benzene rings is 2. The van der Waals surface area contributed by atoms with E-state index in [0.717, 1.165) is 12.1 Å². The fourth-order valence-electron chi connectivity index (χ4n) is 2.94. The molecule has 0 radical (unpaired) electrons. The van der Waals surface area contributed by atoms with Gasteiger partial charge in [-0.25, -0.2) is 0 Å². The van der Waals surface area contributed by atoms with Crippen LogP contribution in [0.5, 0.6) is 5.75 Å². The molecule has 32 heavy (non-hydrogen) atoms. The zero-order valence-corrected chi connectivity index (χ0v) is 16.6. The van der Waals surface area contributed by atoms with Crippen LogP contribution < -0.4 is 10.5 Å². The summed E-state index contributed by atoms with van der Waals surface area (Å²) in [6.45, 7) is 0.0161. The Balaban J connectivity index is 1.52. The van der Waals surface area contributed by atoms with Crippen LogP contribution in [0.4, 0.5) is 13.2 Å². The normalized spacial score (nSPS) is 11.5. The summed E-state index contributed by atoms with van der Waals surface area (Å²) in [6, 6.07) is 10.8. The maximum atomic E-state index is 12.7. The van der Waals surface area contributed by atoms with Crippen LogP contribution in [0.1, 0.15) is 21.6 Å². The molecule has 8 nitrogen and oxygen atoms in total. The van der Waals surface area contributed by atoms with E-state index in [0.29, 0.717) is 28.2 Å². The largest absolute Gasteiger partial charge is 0.487 e. The van der Waals surface area contributed by atoms with Crippen LogP contribution in [0.15, 0.2) is 59.3 Å². The highest BCUT2D eigenvalue weighted by Crippen LogP contribution is 2.31. The van der Waals surface area contributed by atoms with Crippen molar-refractivity contribution in [1.29, 1.82) is 0 Å². The summed E-state index contributed by atoms with van der Waals surface area (Å²) in [6.07, 6.45) is -2.89. The van der Waals surface area contributed by atoms with Crippen LogP contribution in [0, 0.1) is 0 Å². The molecule has 2 aromatic heterocycles. The molecule has 0 aliphatic rings. The lowest BCUT2D eigenvalue weighted by Gasteiger charge is -2.10. The lowest BCUT2D eigenvalue weighted by Crippen LogP contribution is -2.10. The van der Waals surface area contributed by atoms with E-state index >= 15 is 0 Å². The molecule has 0 saturated heterocycles. The first-order chi connectivity index (χ1) is 15.2. The first-order valence-corrected chi connectivity index (χ1v) is 9.27. The molecule has 0 spiro atoms. The monoisotopic (exact) mass is 443 g/mol. The quantitative estimate of drug-likeness (QED) is 0.485. The van der Waals surface area contributed by atoms with Gasteiger partial charge < -0.3 is 15.0 Å². The van der Waals surface area contributed by atoms with Gasteiger partial charge in [0.2, 0.25) is 11.7 Å². The summed E-state index contributed by atoms with van der Waals surface area (Å²) < 4.78 is 50.6. The van der Waals surface area contributed by atoms with Gasteiger partial charge in [0.25, 0.3) is 5.89 Å². The second-order valence-corrected chi connectivity index (χ2v) is 6.80. The predicted octanol–water partition coefficient (Wildman–Crippen LogP) is 3.83. The van der Waals surface area contributed by atoms with Crippen molar-refractivity contribution in [2.75, 3.05) is 0 Å². The number of carbonyl (C=O) groups excluding carboxylic acids is 1. The molecule has 4 aromatic rings. The van der Waals surface area contributed by atoms with E-state index in [4.69, 9.17) is 15.0 Å². The van der Waals surface area contributed by atoms with Crippen molar-refractivity contribution in [2.24, 2.45) is 12.8 Å². The molecule has 11 heteroatoms. The highest BCUT2D eigenvalue weighted by molar-refractivity contribution is 5.93. The summed E-state index contributed by atoms with van der Waals surface area (Å²) in [7, 11) is 1.69. The van der Waals surface area contributed by atoms with E-state index in [-0.39, 0.29) is 18.2 Å². The van der Waals surface area contributed by atoms with E-state index in [1.54, 1.807) is 36.0 Å². The molecule has 0 aliphatic carbocycles. The fourth-order valence-corrected chi connectivity index (χ4v) is 2.94. The smallest absolute Gasteiger partial charge is 0.416 e. The average molecular weight is 443 g/mol. The summed E-state index contributed by atoms with van der Waals surface area (Å²) >= 11 is 0. The number of rotatable bonds is 6. The number of amides is 1. The van der Waals surface area contributed by atoms with E-state index in [9.17, 15) is 18.0 Å². The predicted molar refractivity (Wildman–Crippen MR) is 106 cm³/mol. The second kappa shape index (κ2) is 8.17. The van der Waals surface area contributed by atoms with Gasteiger partial charge in [0.15, 0.2) is 0 Å². The molecule has 0 aliphatic heterocycles. The Hall–Kier alpha value is -4.15. The lowest BCUT2D eigenvalue weighted by molar-refractivity contribution is -0.137. The standard InChI is InChI=1S/C21H16F3N5O3/c1-29-17(11-31-15-8-6-14(7-9-15)21(22,23)24)16(10-26-29)20-27-19(28-32-20)13-4-2-12(3-5-13)18(25)30/h2-10H,11H2,1H3,(H2,25,30). The third-order valence-corrected chi connectivity index (χ3v) is 4.70. The highest BCUT2D eigenvalue weighted by Gasteiger charge is 2.30. The van der Waals surface area contributed by atoms with Crippen molar-refractivity contribution in [1.82, 2.24) is 19.9 Å². The molecule has 0 unspecified atom stereocenters. The number of carbonyl (C=O) groups is 1. The fraction of sp³-hybridized carbons (Fsp3) is 0.143. The van der Waals surface area contributed by atoms with Crippen molar-refractivity contribution in [2.45, 2.75) is 12.8 Å². The number of primary amides is 1. The molecule has 2 heterocycles. The van der Waals surface area contributed by atoms with Crippen molar-refractivity contribution in [3.05, 3.63) is 71.5 Å². The molecule has 0 atom stereocenters. The lowest BCUT2D eigenvalue weighted by atomic mass is 10.1. The molecule has 2 N–H and O–H groups in total. The van der Waals surface area contributed by atoms with Crippen LogP contribution >= 0.6 is 0 Å².